The summed E-state index contributed by atoms with van der Waals surface area (Å²) in [5, 5.41) is 18.5. The number of nitrogens with one attached hydrogen (secondary N) is 1. The number of hydrogen-bond acceptors (Lipinski definition) is 5. The molecule has 4 rings (SSSR count). The van der Waals surface area contributed by atoms with Crippen molar-refractivity contribution in [3.05, 3.63) is 72.2 Å². The molecule has 0 radical (unpaired) electrons. The number of aromatic nitrogens is 4. The first-order valence-electron chi connectivity index (χ1n) is 8.88. The van der Waals surface area contributed by atoms with Gasteiger partial charge in [0, 0.05) is 10.8 Å². The molecule has 4 aromatic rings. The predicted octanol–water partition coefficient (Wildman–Crippen LogP) is 4.16. The summed E-state index contributed by atoms with van der Waals surface area (Å²) in [5.41, 5.74) is 3.39. The highest BCUT2D eigenvalue weighted by atomic mass is 32.2. The number of benzene rings is 2. The maximum Gasteiger partial charge on any atom is 0.234 e. The lowest BCUT2D eigenvalue weighted by molar-refractivity contribution is -0.113. The van der Waals surface area contributed by atoms with Crippen LogP contribution in [0.25, 0.3) is 16.5 Å². The summed E-state index contributed by atoms with van der Waals surface area (Å²) < 4.78 is 1.84. The SMILES string of the molecule is Cc1nn(-c2ccccc2)c(C)c1NC(=O)CSc1nncc2ccccc12. The number of rotatable bonds is 5. The van der Waals surface area contributed by atoms with Crippen molar-refractivity contribution < 1.29 is 4.79 Å². The molecule has 0 aliphatic carbocycles. The Bertz CT molecular complexity index is 1130. The second-order valence-electron chi connectivity index (χ2n) is 6.37. The van der Waals surface area contributed by atoms with Crippen molar-refractivity contribution in [2.24, 2.45) is 0 Å². The topological polar surface area (TPSA) is 72.7 Å². The van der Waals surface area contributed by atoms with Crippen LogP contribution in [-0.4, -0.2) is 31.6 Å². The van der Waals surface area contributed by atoms with Gasteiger partial charge in [0.15, 0.2) is 0 Å². The van der Waals surface area contributed by atoms with Crippen LogP contribution in [0.15, 0.2) is 65.8 Å². The minimum absolute atomic E-state index is 0.0986. The molecule has 0 fully saturated rings. The Morgan fingerprint density at radius 3 is 2.64 bits per heavy atom. The van der Waals surface area contributed by atoms with Crippen molar-refractivity contribution in [1.82, 2.24) is 20.0 Å². The lowest BCUT2D eigenvalue weighted by Gasteiger charge is -2.07. The largest absolute Gasteiger partial charge is 0.322 e. The zero-order valence-corrected chi connectivity index (χ0v) is 16.4. The summed E-state index contributed by atoms with van der Waals surface area (Å²) in [4.78, 5) is 12.6. The Balaban J connectivity index is 1.49. The van der Waals surface area contributed by atoms with E-state index in [-0.39, 0.29) is 11.7 Å². The molecule has 6 nitrogen and oxygen atoms in total. The molecule has 0 atom stereocenters. The van der Waals surface area contributed by atoms with Crippen LogP contribution < -0.4 is 5.32 Å². The van der Waals surface area contributed by atoms with E-state index < -0.39 is 0 Å². The van der Waals surface area contributed by atoms with Crippen LogP contribution in [-0.2, 0) is 4.79 Å². The van der Waals surface area contributed by atoms with E-state index in [1.807, 2.05) is 73.1 Å². The van der Waals surface area contributed by atoms with E-state index in [4.69, 9.17) is 0 Å². The number of anilines is 1. The van der Waals surface area contributed by atoms with Crippen molar-refractivity contribution in [1.29, 1.82) is 0 Å². The summed E-state index contributed by atoms with van der Waals surface area (Å²) in [6.07, 6.45) is 1.73. The van der Waals surface area contributed by atoms with Gasteiger partial charge in [-0.05, 0) is 26.0 Å². The Morgan fingerprint density at radius 2 is 1.82 bits per heavy atom. The summed E-state index contributed by atoms with van der Waals surface area (Å²) in [7, 11) is 0. The number of aryl methyl sites for hydroxylation is 1. The summed E-state index contributed by atoms with van der Waals surface area (Å²) >= 11 is 1.38. The Hall–Kier alpha value is -3.19. The molecular formula is C21H19N5OS. The van der Waals surface area contributed by atoms with Crippen molar-refractivity contribution in [2.75, 3.05) is 11.1 Å². The highest BCUT2D eigenvalue weighted by Crippen LogP contribution is 2.26. The summed E-state index contributed by atoms with van der Waals surface area (Å²) in [6.45, 7) is 3.84. The first-order chi connectivity index (χ1) is 13.6. The van der Waals surface area contributed by atoms with Crippen LogP contribution in [0.3, 0.4) is 0 Å². The van der Waals surface area contributed by atoms with Crippen LogP contribution in [0.2, 0.25) is 0 Å². The average Bonchev–Trinajstić information content (AvgIpc) is 3.01. The number of para-hydroxylation sites is 1. The van der Waals surface area contributed by atoms with Crippen molar-refractivity contribution in [2.45, 2.75) is 18.9 Å². The fraction of sp³-hybridized carbons (Fsp3) is 0.143. The monoisotopic (exact) mass is 389 g/mol. The van der Waals surface area contributed by atoms with Crippen LogP contribution in [0.1, 0.15) is 11.4 Å². The normalized spacial score (nSPS) is 10.9. The molecule has 2 aromatic heterocycles. The molecule has 0 saturated heterocycles. The first kappa shape index (κ1) is 18.2. The van der Waals surface area contributed by atoms with Gasteiger partial charge in [0.25, 0.3) is 0 Å². The smallest absolute Gasteiger partial charge is 0.234 e. The molecule has 28 heavy (non-hydrogen) atoms. The van der Waals surface area contributed by atoms with Gasteiger partial charge >= 0.3 is 0 Å². The standard InChI is InChI=1S/C21H19N5OS/c1-14-20(15(2)26(25-14)17-9-4-3-5-10-17)23-19(27)13-28-21-18-11-7-6-8-16(18)12-22-24-21/h3-12H,13H2,1-2H3,(H,23,27). The molecule has 1 N–H and O–H groups in total. The molecule has 0 unspecified atom stereocenters. The number of carbonyl (C=O) groups excluding carboxylic acids is 1. The molecule has 0 saturated carbocycles. The van der Waals surface area contributed by atoms with Gasteiger partial charge in [0.1, 0.15) is 5.03 Å². The van der Waals surface area contributed by atoms with Gasteiger partial charge in [0.2, 0.25) is 5.91 Å². The number of nitrogens with zero attached hydrogens (tertiary/aromatic N) is 4. The van der Waals surface area contributed by atoms with E-state index in [9.17, 15) is 4.79 Å². The average molecular weight is 389 g/mol. The van der Waals surface area contributed by atoms with Crippen LogP contribution in [0, 0.1) is 13.8 Å². The fourth-order valence-electron chi connectivity index (χ4n) is 3.06. The van der Waals surface area contributed by atoms with Gasteiger partial charge in [-0.2, -0.15) is 10.2 Å². The van der Waals surface area contributed by atoms with Gasteiger partial charge in [-0.3, -0.25) is 4.79 Å². The molecular weight excluding hydrogens is 370 g/mol. The lowest BCUT2D eigenvalue weighted by Crippen LogP contribution is -2.15. The van der Waals surface area contributed by atoms with Crippen molar-refractivity contribution >= 4 is 34.1 Å². The quantitative estimate of drug-likeness (QED) is 0.519. The van der Waals surface area contributed by atoms with Crippen LogP contribution in [0.4, 0.5) is 5.69 Å². The molecule has 0 bridgehead atoms. The Kier molecular flexibility index (Phi) is 5.08. The number of carbonyl (C=O) groups is 1. The molecule has 2 aromatic carbocycles. The Labute approximate surface area is 167 Å². The zero-order valence-electron chi connectivity index (χ0n) is 15.6. The third-order valence-electron chi connectivity index (χ3n) is 4.43. The zero-order chi connectivity index (χ0) is 19.5. The Morgan fingerprint density at radius 1 is 1.07 bits per heavy atom. The van der Waals surface area contributed by atoms with Gasteiger partial charge in [-0.1, -0.05) is 54.2 Å². The minimum atomic E-state index is -0.0986. The molecule has 7 heteroatoms. The van der Waals surface area contributed by atoms with E-state index in [0.717, 1.165) is 38.6 Å². The maximum atomic E-state index is 12.6. The lowest BCUT2D eigenvalue weighted by atomic mass is 10.2. The van der Waals surface area contributed by atoms with Crippen LogP contribution >= 0.6 is 11.8 Å². The molecule has 0 aliphatic heterocycles. The summed E-state index contributed by atoms with van der Waals surface area (Å²) in [5.74, 6) is 0.150. The highest BCUT2D eigenvalue weighted by Gasteiger charge is 2.16. The minimum Gasteiger partial charge on any atom is -0.322 e. The number of amides is 1. The first-order valence-corrected chi connectivity index (χ1v) is 9.87. The van der Waals surface area contributed by atoms with Gasteiger partial charge in [-0.15, -0.1) is 5.10 Å². The second kappa shape index (κ2) is 7.82. The van der Waals surface area contributed by atoms with E-state index in [1.54, 1.807) is 6.20 Å². The van der Waals surface area contributed by atoms with E-state index in [0.29, 0.717) is 0 Å². The molecule has 0 spiro atoms. The van der Waals surface area contributed by atoms with Crippen LogP contribution in [0.5, 0.6) is 0 Å². The van der Waals surface area contributed by atoms with E-state index in [1.165, 1.54) is 11.8 Å². The van der Waals surface area contributed by atoms with E-state index >= 15 is 0 Å². The molecule has 140 valence electrons. The van der Waals surface area contributed by atoms with Gasteiger partial charge in [0.05, 0.1) is 34.7 Å². The number of thioether (sulfide) groups is 1. The van der Waals surface area contributed by atoms with Crippen molar-refractivity contribution in [3.63, 3.8) is 0 Å². The fourth-order valence-corrected chi connectivity index (χ4v) is 3.85. The van der Waals surface area contributed by atoms with Crippen molar-refractivity contribution in [3.8, 4) is 5.69 Å². The number of fused-ring (bicyclic) bond motifs is 1. The third-order valence-corrected chi connectivity index (χ3v) is 5.41. The summed E-state index contributed by atoms with van der Waals surface area (Å²) in [6, 6.07) is 17.8. The maximum absolute atomic E-state index is 12.6. The molecule has 1 amide bonds. The number of hydrogen-bond donors (Lipinski definition) is 1. The van der Waals surface area contributed by atoms with Gasteiger partial charge < -0.3 is 5.32 Å². The molecule has 0 aliphatic rings. The molecule has 2 heterocycles. The second-order valence-corrected chi connectivity index (χ2v) is 7.33. The highest BCUT2D eigenvalue weighted by molar-refractivity contribution is 8.00. The third kappa shape index (κ3) is 3.61. The van der Waals surface area contributed by atoms with Gasteiger partial charge in [-0.25, -0.2) is 4.68 Å². The predicted molar refractivity (Wildman–Crippen MR) is 112 cm³/mol. The van der Waals surface area contributed by atoms with E-state index in [2.05, 4.69) is 20.6 Å².